The number of hydrogen-bond acceptors (Lipinski definition) is 4. The van der Waals surface area contributed by atoms with Crippen LogP contribution < -0.4 is 10.6 Å². The van der Waals surface area contributed by atoms with Crippen molar-refractivity contribution in [1.29, 1.82) is 0 Å². The number of nitrogens with zero attached hydrogens (tertiary/aromatic N) is 1. The minimum absolute atomic E-state index is 0.0183. The maximum absolute atomic E-state index is 12.5. The third-order valence-electron chi connectivity index (χ3n) is 4.72. The summed E-state index contributed by atoms with van der Waals surface area (Å²) in [6, 6.07) is 5.05. The Hall–Kier alpha value is -1.63. The summed E-state index contributed by atoms with van der Waals surface area (Å²) < 4.78 is 5.26. The average molecular weight is 366 g/mol. The summed E-state index contributed by atoms with van der Waals surface area (Å²) in [6.07, 6.45) is 2.52. The van der Waals surface area contributed by atoms with Crippen LogP contribution in [0.3, 0.4) is 0 Å². The van der Waals surface area contributed by atoms with Gasteiger partial charge in [-0.1, -0.05) is 11.6 Å². The van der Waals surface area contributed by atoms with E-state index in [0.717, 1.165) is 25.9 Å². The van der Waals surface area contributed by atoms with Crippen LogP contribution in [-0.2, 0) is 9.53 Å². The summed E-state index contributed by atoms with van der Waals surface area (Å²) in [7, 11) is 0. The van der Waals surface area contributed by atoms with Gasteiger partial charge in [0.05, 0.1) is 23.8 Å². The number of carbonyl (C=O) groups excluding carboxylic acids is 2. The fourth-order valence-corrected chi connectivity index (χ4v) is 3.48. The highest BCUT2D eigenvalue weighted by Gasteiger charge is 2.21. The van der Waals surface area contributed by atoms with Crippen molar-refractivity contribution < 1.29 is 14.3 Å². The molecule has 1 aromatic carbocycles. The maximum atomic E-state index is 12.5. The van der Waals surface area contributed by atoms with E-state index < -0.39 is 0 Å². The van der Waals surface area contributed by atoms with Gasteiger partial charge in [-0.25, -0.2) is 0 Å². The Morgan fingerprint density at radius 3 is 2.80 bits per heavy atom. The van der Waals surface area contributed by atoms with Crippen LogP contribution in [0.2, 0.25) is 5.02 Å². The van der Waals surface area contributed by atoms with Gasteiger partial charge in [-0.2, -0.15) is 0 Å². The number of nitrogens with one attached hydrogen (secondary N) is 2. The van der Waals surface area contributed by atoms with Crippen LogP contribution in [0.4, 0.5) is 5.69 Å². The first-order chi connectivity index (χ1) is 12.1. The molecule has 3 rings (SSSR count). The Morgan fingerprint density at radius 1 is 1.32 bits per heavy atom. The van der Waals surface area contributed by atoms with Gasteiger partial charge in [0.15, 0.2) is 0 Å². The molecule has 25 heavy (non-hydrogen) atoms. The quantitative estimate of drug-likeness (QED) is 0.838. The first kappa shape index (κ1) is 18.2. The van der Waals surface area contributed by atoms with Crippen LogP contribution in [-0.4, -0.2) is 56.1 Å². The lowest BCUT2D eigenvalue weighted by molar-refractivity contribution is -0.116. The predicted molar refractivity (Wildman–Crippen MR) is 97.0 cm³/mol. The summed E-state index contributed by atoms with van der Waals surface area (Å²) in [6.45, 7) is 4.29. The zero-order valence-corrected chi connectivity index (χ0v) is 15.0. The first-order valence-corrected chi connectivity index (χ1v) is 9.18. The number of anilines is 1. The van der Waals surface area contributed by atoms with Gasteiger partial charge in [-0.3, -0.25) is 9.59 Å². The second kappa shape index (κ2) is 8.65. The van der Waals surface area contributed by atoms with Gasteiger partial charge in [0.1, 0.15) is 0 Å². The second-order valence-electron chi connectivity index (χ2n) is 6.54. The van der Waals surface area contributed by atoms with Gasteiger partial charge in [-0.05, 0) is 50.0 Å². The van der Waals surface area contributed by atoms with Crippen molar-refractivity contribution in [3.05, 3.63) is 28.8 Å². The van der Waals surface area contributed by atoms with Gasteiger partial charge >= 0.3 is 0 Å². The topological polar surface area (TPSA) is 70.7 Å². The average Bonchev–Trinajstić information content (AvgIpc) is 3.14. The predicted octanol–water partition coefficient (Wildman–Crippen LogP) is 2.14. The molecule has 2 N–H and O–H groups in total. The summed E-state index contributed by atoms with van der Waals surface area (Å²) in [5.74, 6) is 0.470. The highest BCUT2D eigenvalue weighted by atomic mass is 35.5. The van der Waals surface area contributed by atoms with E-state index in [1.54, 1.807) is 23.1 Å². The highest BCUT2D eigenvalue weighted by molar-refractivity contribution is 6.34. The lowest BCUT2D eigenvalue weighted by Gasteiger charge is -2.27. The standard InChI is InChI=1S/C18H24ClN3O3/c19-16-11-14(21-17(23)4-1-13-5-6-20-12-13)2-3-15(16)18(24)22-7-9-25-10-8-22/h2-3,11,13,20H,1,4-10,12H2,(H,21,23). The lowest BCUT2D eigenvalue weighted by Crippen LogP contribution is -2.40. The molecule has 2 heterocycles. The number of halogens is 1. The monoisotopic (exact) mass is 365 g/mol. The molecule has 2 amide bonds. The van der Waals surface area contributed by atoms with Crippen molar-refractivity contribution in [2.75, 3.05) is 44.7 Å². The lowest BCUT2D eigenvalue weighted by atomic mass is 10.0. The number of benzene rings is 1. The third kappa shape index (κ3) is 4.93. The van der Waals surface area contributed by atoms with Crippen LogP contribution >= 0.6 is 11.6 Å². The largest absolute Gasteiger partial charge is 0.378 e. The van der Waals surface area contributed by atoms with E-state index in [9.17, 15) is 9.59 Å². The number of morpholine rings is 1. The number of rotatable bonds is 5. The Balaban J connectivity index is 1.55. The summed E-state index contributed by atoms with van der Waals surface area (Å²) >= 11 is 6.27. The molecular formula is C18H24ClN3O3. The second-order valence-corrected chi connectivity index (χ2v) is 6.95. The molecule has 0 spiro atoms. The van der Waals surface area contributed by atoms with Gasteiger partial charge in [0.25, 0.3) is 5.91 Å². The molecule has 0 radical (unpaired) electrons. The van der Waals surface area contributed by atoms with Crippen LogP contribution in [0, 0.1) is 5.92 Å². The Kier molecular flexibility index (Phi) is 6.29. The summed E-state index contributed by atoms with van der Waals surface area (Å²) in [5, 5.41) is 6.52. The molecule has 2 aliphatic rings. The highest BCUT2D eigenvalue weighted by Crippen LogP contribution is 2.23. The van der Waals surface area contributed by atoms with Gasteiger partial charge in [-0.15, -0.1) is 0 Å². The first-order valence-electron chi connectivity index (χ1n) is 8.80. The van der Waals surface area contributed by atoms with Crippen LogP contribution in [0.1, 0.15) is 29.6 Å². The summed E-state index contributed by atoms with van der Waals surface area (Å²) in [4.78, 5) is 26.3. The van der Waals surface area contributed by atoms with Crippen molar-refractivity contribution in [2.24, 2.45) is 5.92 Å². The van der Waals surface area contributed by atoms with E-state index in [2.05, 4.69) is 10.6 Å². The van der Waals surface area contributed by atoms with Crippen molar-refractivity contribution >= 4 is 29.1 Å². The van der Waals surface area contributed by atoms with E-state index in [1.165, 1.54) is 0 Å². The molecule has 2 saturated heterocycles. The van der Waals surface area contributed by atoms with Gasteiger partial charge < -0.3 is 20.3 Å². The zero-order chi connectivity index (χ0) is 17.6. The van der Waals surface area contributed by atoms with Crippen molar-refractivity contribution in [3.8, 4) is 0 Å². The Labute approximate surface area is 152 Å². The van der Waals surface area contributed by atoms with Gasteiger partial charge in [0, 0.05) is 25.2 Å². The van der Waals surface area contributed by atoms with E-state index >= 15 is 0 Å². The SMILES string of the molecule is O=C(CCC1CCNC1)Nc1ccc(C(=O)N2CCOCC2)c(Cl)c1. The molecular weight excluding hydrogens is 342 g/mol. The van der Waals surface area contributed by atoms with Crippen LogP contribution in [0.25, 0.3) is 0 Å². The molecule has 2 fully saturated rings. The molecule has 7 heteroatoms. The fraction of sp³-hybridized carbons (Fsp3) is 0.556. The molecule has 0 aliphatic carbocycles. The molecule has 1 aromatic rings. The van der Waals surface area contributed by atoms with Gasteiger partial charge in [0.2, 0.25) is 5.91 Å². The fourth-order valence-electron chi connectivity index (χ4n) is 3.22. The molecule has 6 nitrogen and oxygen atoms in total. The smallest absolute Gasteiger partial charge is 0.255 e. The summed E-state index contributed by atoms with van der Waals surface area (Å²) in [5.41, 5.74) is 1.08. The molecule has 0 bridgehead atoms. The van der Waals surface area contributed by atoms with Crippen LogP contribution in [0.5, 0.6) is 0 Å². The number of ether oxygens (including phenoxy) is 1. The maximum Gasteiger partial charge on any atom is 0.255 e. The molecule has 0 aromatic heterocycles. The van der Waals surface area contributed by atoms with E-state index in [0.29, 0.717) is 54.9 Å². The van der Waals surface area contributed by atoms with Crippen molar-refractivity contribution in [1.82, 2.24) is 10.2 Å². The van der Waals surface area contributed by atoms with E-state index in [-0.39, 0.29) is 11.8 Å². The zero-order valence-electron chi connectivity index (χ0n) is 14.2. The molecule has 1 atom stereocenters. The normalized spacial score (nSPS) is 20.5. The molecule has 1 unspecified atom stereocenters. The Morgan fingerprint density at radius 2 is 2.12 bits per heavy atom. The molecule has 2 aliphatic heterocycles. The van der Waals surface area contributed by atoms with Crippen molar-refractivity contribution in [3.63, 3.8) is 0 Å². The van der Waals surface area contributed by atoms with E-state index in [4.69, 9.17) is 16.3 Å². The number of hydrogen-bond donors (Lipinski definition) is 2. The minimum atomic E-state index is -0.0973. The van der Waals surface area contributed by atoms with Crippen LogP contribution in [0.15, 0.2) is 18.2 Å². The minimum Gasteiger partial charge on any atom is -0.378 e. The number of carbonyl (C=O) groups is 2. The molecule has 0 saturated carbocycles. The molecule has 136 valence electrons. The van der Waals surface area contributed by atoms with Crippen molar-refractivity contribution in [2.45, 2.75) is 19.3 Å². The third-order valence-corrected chi connectivity index (χ3v) is 5.04. The van der Waals surface area contributed by atoms with E-state index in [1.807, 2.05) is 0 Å². The Bertz CT molecular complexity index is 626. The number of amides is 2.